The van der Waals surface area contributed by atoms with E-state index in [9.17, 15) is 4.79 Å². The van der Waals surface area contributed by atoms with Crippen LogP contribution in [-0.2, 0) is 6.54 Å². The number of nitrogen functional groups attached to an aromatic ring is 1. The fraction of sp³-hybridized carbons (Fsp3) is 0.500. The Hall–Kier alpha value is -1.39. The number of benzene rings is 1. The Morgan fingerprint density at radius 2 is 2.17 bits per heavy atom. The number of nitrogens with two attached hydrogens (primary N) is 1. The van der Waals surface area contributed by atoms with E-state index >= 15 is 0 Å². The summed E-state index contributed by atoms with van der Waals surface area (Å²) in [6, 6.07) is 7.59. The Kier molecular flexibility index (Phi) is 5.82. The first-order chi connectivity index (χ1) is 8.56. The lowest BCUT2D eigenvalue weighted by Gasteiger charge is -2.22. The maximum atomic E-state index is 11.4. The molecule has 0 saturated carbocycles. The van der Waals surface area contributed by atoms with Crippen molar-refractivity contribution in [1.82, 2.24) is 10.3 Å². The van der Waals surface area contributed by atoms with Crippen LogP contribution in [0.2, 0.25) is 0 Å². The summed E-state index contributed by atoms with van der Waals surface area (Å²) in [4.78, 5) is 13.8. The van der Waals surface area contributed by atoms with Crippen molar-refractivity contribution in [3.8, 4) is 0 Å². The zero-order valence-corrected chi connectivity index (χ0v) is 11.4. The van der Waals surface area contributed by atoms with Gasteiger partial charge in [0, 0.05) is 18.7 Å². The Morgan fingerprint density at radius 1 is 1.44 bits per heavy atom. The van der Waals surface area contributed by atoms with E-state index in [0.29, 0.717) is 11.5 Å². The molecule has 18 heavy (non-hydrogen) atoms. The summed E-state index contributed by atoms with van der Waals surface area (Å²) in [6.07, 6.45) is 0. The van der Waals surface area contributed by atoms with Crippen LogP contribution in [0.3, 0.4) is 0 Å². The average Bonchev–Trinajstić information content (AvgIpc) is 2.36. The molecule has 1 amide bonds. The second-order valence-electron chi connectivity index (χ2n) is 4.90. The van der Waals surface area contributed by atoms with Gasteiger partial charge in [-0.2, -0.15) is 0 Å². The normalized spacial score (nSPS) is 11.0. The fourth-order valence-electron chi connectivity index (χ4n) is 1.97. The molecule has 0 aromatic heterocycles. The number of rotatable bonds is 6. The van der Waals surface area contributed by atoms with Crippen molar-refractivity contribution >= 4 is 5.91 Å². The van der Waals surface area contributed by atoms with Gasteiger partial charge in [0.2, 0.25) is 0 Å². The van der Waals surface area contributed by atoms with Gasteiger partial charge >= 0.3 is 0 Å². The van der Waals surface area contributed by atoms with Gasteiger partial charge in [-0.1, -0.05) is 32.9 Å². The van der Waals surface area contributed by atoms with E-state index in [-0.39, 0.29) is 5.91 Å². The molecule has 0 bridgehead atoms. The summed E-state index contributed by atoms with van der Waals surface area (Å²) < 4.78 is 0. The molecule has 0 unspecified atom stereocenters. The molecule has 0 fully saturated rings. The van der Waals surface area contributed by atoms with E-state index in [1.54, 1.807) is 6.07 Å². The van der Waals surface area contributed by atoms with E-state index in [1.165, 1.54) is 0 Å². The third-order valence-corrected chi connectivity index (χ3v) is 2.80. The highest BCUT2D eigenvalue weighted by Gasteiger charge is 2.08. The number of hydrazine groups is 1. The molecule has 4 nitrogen and oxygen atoms in total. The second kappa shape index (κ2) is 7.13. The molecule has 0 aliphatic rings. The molecule has 3 N–H and O–H groups in total. The number of amides is 1. The zero-order chi connectivity index (χ0) is 13.5. The van der Waals surface area contributed by atoms with Crippen LogP contribution in [0.25, 0.3) is 0 Å². The quantitative estimate of drug-likeness (QED) is 0.459. The largest absolute Gasteiger partial charge is 0.299 e. The summed E-state index contributed by atoms with van der Waals surface area (Å²) >= 11 is 0. The zero-order valence-electron chi connectivity index (χ0n) is 11.4. The summed E-state index contributed by atoms with van der Waals surface area (Å²) in [5.41, 5.74) is 3.90. The lowest BCUT2D eigenvalue weighted by Crippen LogP contribution is -2.30. The molecule has 100 valence electrons. The lowest BCUT2D eigenvalue weighted by atomic mass is 10.1. The van der Waals surface area contributed by atoms with Crippen LogP contribution >= 0.6 is 0 Å². The summed E-state index contributed by atoms with van der Waals surface area (Å²) in [6.45, 7) is 9.50. The van der Waals surface area contributed by atoms with E-state index in [4.69, 9.17) is 5.84 Å². The maximum Gasteiger partial charge on any atom is 0.265 e. The molecule has 0 spiro atoms. The molecule has 1 aromatic carbocycles. The SMILES string of the molecule is CCN(Cc1cccc(C(=O)NN)c1)CC(C)C. The van der Waals surface area contributed by atoms with E-state index < -0.39 is 0 Å². The minimum Gasteiger partial charge on any atom is -0.299 e. The van der Waals surface area contributed by atoms with Crippen LogP contribution in [0.4, 0.5) is 0 Å². The smallest absolute Gasteiger partial charge is 0.265 e. The Labute approximate surface area is 109 Å². The molecule has 4 heteroatoms. The highest BCUT2D eigenvalue weighted by atomic mass is 16.2. The van der Waals surface area contributed by atoms with Gasteiger partial charge in [0.15, 0.2) is 0 Å². The van der Waals surface area contributed by atoms with Gasteiger partial charge in [-0.15, -0.1) is 0 Å². The molecular weight excluding hydrogens is 226 g/mol. The van der Waals surface area contributed by atoms with Crippen LogP contribution in [0.1, 0.15) is 36.7 Å². The molecule has 0 heterocycles. The number of hydrogen-bond acceptors (Lipinski definition) is 3. The predicted octanol–water partition coefficient (Wildman–Crippen LogP) is 1.77. The van der Waals surface area contributed by atoms with Crippen molar-refractivity contribution in [1.29, 1.82) is 0 Å². The average molecular weight is 249 g/mol. The molecule has 0 radical (unpaired) electrons. The topological polar surface area (TPSA) is 58.4 Å². The summed E-state index contributed by atoms with van der Waals surface area (Å²) in [5.74, 6) is 5.53. The standard InChI is InChI=1S/C14H23N3O/c1-4-17(9-11(2)3)10-12-6-5-7-13(8-12)14(18)16-15/h5-8,11H,4,9-10,15H2,1-3H3,(H,16,18). The third kappa shape index (κ3) is 4.47. The van der Waals surface area contributed by atoms with Crippen LogP contribution in [0, 0.1) is 5.92 Å². The minimum absolute atomic E-state index is 0.247. The van der Waals surface area contributed by atoms with Crippen molar-refractivity contribution in [3.05, 3.63) is 35.4 Å². The number of carbonyl (C=O) groups is 1. The summed E-state index contributed by atoms with van der Waals surface area (Å²) in [5, 5.41) is 0. The Bertz CT molecular complexity index is 390. The fourth-order valence-corrected chi connectivity index (χ4v) is 1.97. The molecule has 1 rings (SSSR count). The second-order valence-corrected chi connectivity index (χ2v) is 4.90. The number of carbonyl (C=O) groups excluding carboxylic acids is 1. The van der Waals surface area contributed by atoms with Crippen molar-refractivity contribution in [2.75, 3.05) is 13.1 Å². The highest BCUT2D eigenvalue weighted by molar-refractivity contribution is 5.93. The molecule has 0 atom stereocenters. The first kappa shape index (κ1) is 14.7. The summed E-state index contributed by atoms with van der Waals surface area (Å²) in [7, 11) is 0. The van der Waals surface area contributed by atoms with Crippen molar-refractivity contribution in [2.24, 2.45) is 11.8 Å². The number of nitrogens with one attached hydrogen (secondary N) is 1. The van der Waals surface area contributed by atoms with Gasteiger partial charge in [0.25, 0.3) is 5.91 Å². The van der Waals surface area contributed by atoms with Crippen molar-refractivity contribution in [2.45, 2.75) is 27.3 Å². The predicted molar refractivity (Wildman–Crippen MR) is 73.9 cm³/mol. The first-order valence-electron chi connectivity index (χ1n) is 6.39. The molecule has 0 aliphatic heterocycles. The monoisotopic (exact) mass is 249 g/mol. The molecule has 1 aromatic rings. The first-order valence-corrected chi connectivity index (χ1v) is 6.39. The maximum absolute atomic E-state index is 11.4. The molecule has 0 saturated heterocycles. The van der Waals surface area contributed by atoms with Crippen LogP contribution in [-0.4, -0.2) is 23.9 Å². The molecule has 0 aliphatic carbocycles. The minimum atomic E-state index is -0.247. The van der Waals surface area contributed by atoms with Gasteiger partial charge in [-0.05, 0) is 30.2 Å². The van der Waals surface area contributed by atoms with Crippen LogP contribution in [0.5, 0.6) is 0 Å². The van der Waals surface area contributed by atoms with Crippen LogP contribution in [0.15, 0.2) is 24.3 Å². The van der Waals surface area contributed by atoms with Crippen molar-refractivity contribution < 1.29 is 4.79 Å². The van der Waals surface area contributed by atoms with E-state index in [2.05, 4.69) is 31.1 Å². The van der Waals surface area contributed by atoms with Gasteiger partial charge < -0.3 is 0 Å². The van der Waals surface area contributed by atoms with Gasteiger partial charge in [-0.25, -0.2) is 5.84 Å². The van der Waals surface area contributed by atoms with Gasteiger partial charge in [-0.3, -0.25) is 15.1 Å². The van der Waals surface area contributed by atoms with Crippen LogP contribution < -0.4 is 11.3 Å². The highest BCUT2D eigenvalue weighted by Crippen LogP contribution is 2.10. The Morgan fingerprint density at radius 3 is 2.72 bits per heavy atom. The Balaban J connectivity index is 2.74. The third-order valence-electron chi connectivity index (χ3n) is 2.80. The lowest BCUT2D eigenvalue weighted by molar-refractivity contribution is 0.0953. The van der Waals surface area contributed by atoms with Crippen molar-refractivity contribution in [3.63, 3.8) is 0 Å². The van der Waals surface area contributed by atoms with E-state index in [0.717, 1.165) is 25.2 Å². The molecular formula is C14H23N3O. The van der Waals surface area contributed by atoms with Gasteiger partial charge in [0.1, 0.15) is 0 Å². The van der Waals surface area contributed by atoms with Gasteiger partial charge in [0.05, 0.1) is 0 Å². The number of nitrogens with zero attached hydrogens (tertiary/aromatic N) is 1. The number of hydrogen-bond donors (Lipinski definition) is 2. The van der Waals surface area contributed by atoms with E-state index in [1.807, 2.05) is 18.2 Å².